The second-order valence-electron chi connectivity index (χ2n) is 7.04. The number of benzene rings is 1. The van der Waals surface area contributed by atoms with Gasteiger partial charge in [0, 0.05) is 12.1 Å². The van der Waals surface area contributed by atoms with Gasteiger partial charge in [-0.3, -0.25) is 4.68 Å². The largest absolute Gasteiger partial charge is 0.472 e. The summed E-state index contributed by atoms with van der Waals surface area (Å²) in [4.78, 5) is 0. The van der Waals surface area contributed by atoms with Crippen LogP contribution in [0.15, 0.2) is 78.5 Å². The Morgan fingerprint density at radius 1 is 1.14 bits per heavy atom. The minimum atomic E-state index is 0.153. The normalized spacial score (nSPS) is 16.0. The number of hydrogen-bond acceptors (Lipinski definition) is 4. The summed E-state index contributed by atoms with van der Waals surface area (Å²) in [6.45, 7) is 4.62. The average molecular weight is 376 g/mol. The molecule has 1 aromatic heterocycles. The maximum atomic E-state index is 6.16. The summed E-state index contributed by atoms with van der Waals surface area (Å²) in [6.07, 6.45) is 11.5. The molecule has 0 radical (unpaired) electrons. The van der Waals surface area contributed by atoms with Gasteiger partial charge >= 0.3 is 0 Å². The second kappa shape index (κ2) is 8.21. The van der Waals surface area contributed by atoms with Gasteiger partial charge in [-0.15, -0.1) is 5.10 Å². The molecule has 5 nitrogen and oxygen atoms in total. The van der Waals surface area contributed by atoms with Gasteiger partial charge in [-0.1, -0.05) is 48.6 Å². The molecule has 2 aliphatic rings. The lowest BCUT2D eigenvalue weighted by Crippen LogP contribution is -2.10. The maximum Gasteiger partial charge on any atom is 0.233 e. The van der Waals surface area contributed by atoms with E-state index in [1.54, 1.807) is 12.5 Å². The first kappa shape index (κ1) is 18.2. The number of nitrogens with zero attached hydrogens (tertiary/aromatic N) is 2. The van der Waals surface area contributed by atoms with Gasteiger partial charge in [0.25, 0.3) is 0 Å². The van der Waals surface area contributed by atoms with Gasteiger partial charge < -0.3 is 14.2 Å². The van der Waals surface area contributed by atoms with Gasteiger partial charge in [0.15, 0.2) is 11.5 Å². The Labute approximate surface area is 165 Å². The predicted molar refractivity (Wildman–Crippen MR) is 108 cm³/mol. The molecule has 0 N–H and O–H groups in total. The molecule has 4 rings (SSSR count). The van der Waals surface area contributed by atoms with Gasteiger partial charge in [-0.25, -0.2) is 0 Å². The van der Waals surface area contributed by atoms with Crippen LogP contribution < -0.4 is 4.74 Å². The molecular weight excluding hydrogens is 352 g/mol. The van der Waals surface area contributed by atoms with Gasteiger partial charge in [0.1, 0.15) is 24.8 Å². The van der Waals surface area contributed by atoms with Crippen LogP contribution in [0.4, 0.5) is 0 Å². The Kier molecular flexibility index (Phi) is 5.33. The molecule has 0 atom stereocenters. The SMILES string of the molecule is CC(C)n1nc(OCc2ccccc2)cc1C1=COC=C(C2=CC=CCC2)O1. The van der Waals surface area contributed by atoms with Crippen molar-refractivity contribution in [2.75, 3.05) is 0 Å². The first-order valence-corrected chi connectivity index (χ1v) is 9.57. The number of aromatic nitrogens is 2. The Morgan fingerprint density at radius 2 is 1.96 bits per heavy atom. The summed E-state index contributed by atoms with van der Waals surface area (Å²) in [5.74, 6) is 1.93. The predicted octanol–water partition coefficient (Wildman–Crippen LogP) is 5.51. The van der Waals surface area contributed by atoms with E-state index < -0.39 is 0 Å². The zero-order valence-electron chi connectivity index (χ0n) is 16.2. The van der Waals surface area contributed by atoms with Crippen LogP contribution in [0.5, 0.6) is 5.88 Å². The molecule has 0 saturated heterocycles. The minimum Gasteiger partial charge on any atom is -0.472 e. The van der Waals surface area contributed by atoms with Crippen molar-refractivity contribution in [2.45, 2.75) is 39.3 Å². The highest BCUT2D eigenvalue weighted by atomic mass is 16.5. The summed E-state index contributed by atoms with van der Waals surface area (Å²) in [7, 11) is 0. The number of rotatable bonds is 6. The van der Waals surface area contributed by atoms with Crippen LogP contribution in [0.2, 0.25) is 0 Å². The van der Waals surface area contributed by atoms with Crippen LogP contribution >= 0.6 is 0 Å². The molecule has 0 spiro atoms. The van der Waals surface area contributed by atoms with Crippen molar-refractivity contribution in [2.24, 2.45) is 0 Å². The highest BCUT2D eigenvalue weighted by molar-refractivity contribution is 5.60. The van der Waals surface area contributed by atoms with E-state index in [9.17, 15) is 0 Å². The molecule has 1 aliphatic carbocycles. The molecule has 0 saturated carbocycles. The van der Waals surface area contributed by atoms with Crippen LogP contribution in [0.1, 0.15) is 44.0 Å². The van der Waals surface area contributed by atoms with Crippen molar-refractivity contribution in [3.63, 3.8) is 0 Å². The highest BCUT2D eigenvalue weighted by Gasteiger charge is 2.22. The van der Waals surface area contributed by atoms with E-state index in [-0.39, 0.29) is 6.04 Å². The first-order chi connectivity index (χ1) is 13.7. The fourth-order valence-corrected chi connectivity index (χ4v) is 3.14. The third-order valence-corrected chi connectivity index (χ3v) is 4.58. The molecule has 0 fully saturated rings. The zero-order chi connectivity index (χ0) is 19.3. The Morgan fingerprint density at radius 3 is 2.71 bits per heavy atom. The quantitative estimate of drug-likeness (QED) is 0.667. The van der Waals surface area contributed by atoms with Crippen LogP contribution in [-0.4, -0.2) is 9.78 Å². The van der Waals surface area contributed by atoms with E-state index in [4.69, 9.17) is 14.2 Å². The zero-order valence-corrected chi connectivity index (χ0v) is 16.2. The third kappa shape index (κ3) is 4.03. The molecule has 0 bridgehead atoms. The van der Waals surface area contributed by atoms with E-state index in [2.05, 4.69) is 37.2 Å². The fraction of sp³-hybridized carbons (Fsp3) is 0.261. The molecule has 1 aromatic carbocycles. The molecule has 5 heteroatoms. The summed E-state index contributed by atoms with van der Waals surface area (Å²) in [5.41, 5.74) is 3.06. The standard InChI is InChI=1S/C23H24N2O3/c1-17(2)25-20(13-23(24-25)27-14-18-9-5-3-6-10-18)22-16-26-15-21(28-22)19-11-7-4-8-12-19/h3-7,9-11,13,15-17H,8,12,14H2,1-2H3. The molecule has 0 amide bonds. The lowest BCUT2D eigenvalue weighted by Gasteiger charge is -2.20. The van der Waals surface area contributed by atoms with Gasteiger partial charge in [0.05, 0.1) is 0 Å². The van der Waals surface area contributed by atoms with E-state index in [0.29, 0.717) is 18.2 Å². The first-order valence-electron chi connectivity index (χ1n) is 9.57. The van der Waals surface area contributed by atoms with Crippen molar-refractivity contribution in [1.82, 2.24) is 9.78 Å². The molecule has 0 unspecified atom stereocenters. The van der Waals surface area contributed by atoms with Gasteiger partial charge in [-0.2, -0.15) is 0 Å². The monoisotopic (exact) mass is 376 g/mol. The van der Waals surface area contributed by atoms with E-state index in [0.717, 1.165) is 35.4 Å². The van der Waals surface area contributed by atoms with E-state index in [1.165, 1.54) is 0 Å². The smallest absolute Gasteiger partial charge is 0.233 e. The lowest BCUT2D eigenvalue weighted by molar-refractivity contribution is 0.280. The number of ether oxygens (including phenoxy) is 3. The molecule has 1 aliphatic heterocycles. The molecule has 144 valence electrons. The molecule has 28 heavy (non-hydrogen) atoms. The van der Waals surface area contributed by atoms with Crippen LogP contribution in [-0.2, 0) is 16.1 Å². The number of allylic oxidation sites excluding steroid dienone is 4. The van der Waals surface area contributed by atoms with E-state index >= 15 is 0 Å². The van der Waals surface area contributed by atoms with Crippen molar-refractivity contribution in [3.8, 4) is 5.88 Å². The van der Waals surface area contributed by atoms with Crippen LogP contribution in [0, 0.1) is 0 Å². The summed E-state index contributed by atoms with van der Waals surface area (Å²) < 4.78 is 19.5. The van der Waals surface area contributed by atoms with Crippen LogP contribution in [0.25, 0.3) is 5.76 Å². The molecule has 2 aromatic rings. The topological polar surface area (TPSA) is 45.5 Å². The third-order valence-electron chi connectivity index (χ3n) is 4.58. The fourth-order valence-electron chi connectivity index (χ4n) is 3.14. The van der Waals surface area contributed by atoms with Gasteiger partial charge in [-0.05, 0) is 37.8 Å². The minimum absolute atomic E-state index is 0.153. The van der Waals surface area contributed by atoms with Crippen molar-refractivity contribution in [3.05, 3.63) is 89.7 Å². The van der Waals surface area contributed by atoms with Gasteiger partial charge in [0.2, 0.25) is 5.88 Å². The van der Waals surface area contributed by atoms with Crippen molar-refractivity contribution in [1.29, 1.82) is 0 Å². The van der Waals surface area contributed by atoms with Crippen molar-refractivity contribution < 1.29 is 14.2 Å². The summed E-state index contributed by atoms with van der Waals surface area (Å²) in [6, 6.07) is 12.1. The number of hydrogen-bond donors (Lipinski definition) is 0. The Hall–Kier alpha value is -3.21. The average Bonchev–Trinajstić information content (AvgIpc) is 3.19. The Balaban J connectivity index is 1.53. The van der Waals surface area contributed by atoms with Crippen molar-refractivity contribution >= 4 is 5.76 Å². The summed E-state index contributed by atoms with van der Waals surface area (Å²) in [5, 5.41) is 4.61. The molecular formula is C23H24N2O3. The lowest BCUT2D eigenvalue weighted by atomic mass is 10.0. The molecule has 2 heterocycles. The highest BCUT2D eigenvalue weighted by Crippen LogP contribution is 2.32. The maximum absolute atomic E-state index is 6.16. The second-order valence-corrected chi connectivity index (χ2v) is 7.04. The Bertz CT molecular complexity index is 949. The van der Waals surface area contributed by atoms with E-state index in [1.807, 2.05) is 41.1 Å². The van der Waals surface area contributed by atoms with Crippen LogP contribution in [0.3, 0.4) is 0 Å². The summed E-state index contributed by atoms with van der Waals surface area (Å²) >= 11 is 0.